The van der Waals surface area contributed by atoms with E-state index in [-0.39, 0.29) is 12.0 Å². The van der Waals surface area contributed by atoms with Crippen LogP contribution in [0.25, 0.3) is 0 Å². The zero-order chi connectivity index (χ0) is 17.6. The first-order chi connectivity index (χ1) is 12.1. The van der Waals surface area contributed by atoms with Gasteiger partial charge in [-0.1, -0.05) is 28.1 Å². The Morgan fingerprint density at radius 1 is 1.24 bits per heavy atom. The van der Waals surface area contributed by atoms with Crippen molar-refractivity contribution in [2.45, 2.75) is 18.4 Å². The minimum Gasteiger partial charge on any atom is -0.496 e. The second-order valence-corrected chi connectivity index (χ2v) is 7.38. The Bertz CT molecular complexity index is 877. The number of rotatable bonds is 3. The molecule has 2 aromatic rings. The zero-order valence-electron chi connectivity index (χ0n) is 13.7. The van der Waals surface area contributed by atoms with Gasteiger partial charge in [0.2, 0.25) is 0 Å². The number of benzene rings is 2. The fraction of sp³-hybridized carbons (Fsp3) is 0.250. The molecule has 3 atom stereocenters. The van der Waals surface area contributed by atoms with Crippen LogP contribution in [0.1, 0.15) is 39.9 Å². The van der Waals surface area contributed by atoms with E-state index in [4.69, 9.17) is 4.74 Å². The molecule has 2 aliphatic rings. The van der Waals surface area contributed by atoms with Gasteiger partial charge in [0.15, 0.2) is 0 Å². The Morgan fingerprint density at radius 2 is 2.08 bits per heavy atom. The fourth-order valence-electron chi connectivity index (χ4n) is 3.98. The van der Waals surface area contributed by atoms with Gasteiger partial charge in [0, 0.05) is 21.6 Å². The molecule has 2 N–H and O–H groups in total. The molecule has 0 fully saturated rings. The third-order valence-electron chi connectivity index (χ3n) is 5.14. The normalized spacial score (nSPS) is 23.5. The molecule has 0 amide bonds. The number of aromatic carboxylic acids is 1. The van der Waals surface area contributed by atoms with E-state index in [2.05, 4.69) is 39.5 Å². The molecule has 1 aliphatic heterocycles. The average molecular weight is 400 g/mol. The van der Waals surface area contributed by atoms with Crippen LogP contribution in [0.15, 0.2) is 53.0 Å². The molecular weight excluding hydrogens is 382 g/mol. The first-order valence-electron chi connectivity index (χ1n) is 8.22. The molecule has 0 radical (unpaired) electrons. The third kappa shape index (κ3) is 2.72. The van der Waals surface area contributed by atoms with Crippen molar-refractivity contribution in [3.63, 3.8) is 0 Å². The molecule has 5 heteroatoms. The van der Waals surface area contributed by atoms with Crippen molar-refractivity contribution in [3.8, 4) is 5.75 Å². The van der Waals surface area contributed by atoms with E-state index in [0.717, 1.165) is 33.5 Å². The van der Waals surface area contributed by atoms with Gasteiger partial charge in [-0.25, -0.2) is 4.79 Å². The van der Waals surface area contributed by atoms with Gasteiger partial charge in [0.25, 0.3) is 0 Å². The molecule has 0 saturated carbocycles. The lowest BCUT2D eigenvalue weighted by Gasteiger charge is -2.38. The number of carboxylic acids is 1. The fourth-order valence-corrected chi connectivity index (χ4v) is 4.36. The molecule has 0 unspecified atom stereocenters. The van der Waals surface area contributed by atoms with Crippen molar-refractivity contribution in [1.82, 2.24) is 0 Å². The Kier molecular flexibility index (Phi) is 4.04. The summed E-state index contributed by atoms with van der Waals surface area (Å²) < 4.78 is 6.60. The molecule has 4 rings (SSSR count). The van der Waals surface area contributed by atoms with Gasteiger partial charge in [0.1, 0.15) is 5.75 Å². The number of fused-ring (bicyclic) bond motifs is 3. The SMILES string of the molecule is COc1ccc(Br)cc1[C@@H]1Nc2ccc(C(=O)O)cc2[C@@H]2C=CC[C@H]21. The molecule has 0 aromatic heterocycles. The van der Waals surface area contributed by atoms with E-state index < -0.39 is 5.97 Å². The van der Waals surface area contributed by atoms with E-state index in [0.29, 0.717) is 11.5 Å². The maximum Gasteiger partial charge on any atom is 0.335 e. The summed E-state index contributed by atoms with van der Waals surface area (Å²) >= 11 is 3.56. The van der Waals surface area contributed by atoms with Crippen molar-refractivity contribution < 1.29 is 14.6 Å². The molecule has 1 heterocycles. The average Bonchev–Trinajstić information content (AvgIpc) is 3.10. The quantitative estimate of drug-likeness (QED) is 0.714. The number of allylic oxidation sites excluding steroid dienone is 2. The summed E-state index contributed by atoms with van der Waals surface area (Å²) in [5, 5.41) is 12.9. The standard InChI is InChI=1S/C20H18BrNO3/c1-25-18-8-6-12(21)10-16(18)19-14-4-2-3-13(14)15-9-11(20(23)24)5-7-17(15)22-19/h2-3,5-10,13-14,19,22H,4H2,1H3,(H,23,24)/t13-,14-,19-/m1/s1. The molecule has 0 saturated heterocycles. The van der Waals surface area contributed by atoms with E-state index >= 15 is 0 Å². The summed E-state index contributed by atoms with van der Waals surface area (Å²) in [7, 11) is 1.69. The first kappa shape index (κ1) is 16.2. The highest BCUT2D eigenvalue weighted by atomic mass is 79.9. The molecule has 0 bridgehead atoms. The van der Waals surface area contributed by atoms with Gasteiger partial charge in [0.05, 0.1) is 18.7 Å². The zero-order valence-corrected chi connectivity index (χ0v) is 15.3. The number of hydrogen-bond acceptors (Lipinski definition) is 3. The van der Waals surface area contributed by atoms with Gasteiger partial charge >= 0.3 is 5.97 Å². The van der Waals surface area contributed by atoms with Crippen LogP contribution in [0.3, 0.4) is 0 Å². The van der Waals surface area contributed by atoms with Gasteiger partial charge in [-0.3, -0.25) is 0 Å². The molecule has 128 valence electrons. The third-order valence-corrected chi connectivity index (χ3v) is 5.63. The second-order valence-electron chi connectivity index (χ2n) is 6.47. The number of hydrogen-bond donors (Lipinski definition) is 2. The highest BCUT2D eigenvalue weighted by Crippen LogP contribution is 2.51. The van der Waals surface area contributed by atoms with Gasteiger partial charge < -0.3 is 15.2 Å². The van der Waals surface area contributed by atoms with Crippen LogP contribution < -0.4 is 10.1 Å². The number of nitrogens with one attached hydrogen (secondary N) is 1. The van der Waals surface area contributed by atoms with Crippen LogP contribution in [0.4, 0.5) is 5.69 Å². The van der Waals surface area contributed by atoms with Crippen LogP contribution >= 0.6 is 15.9 Å². The molecule has 0 spiro atoms. The Balaban J connectivity index is 1.81. The highest BCUT2D eigenvalue weighted by Gasteiger charge is 2.39. The molecule has 4 nitrogen and oxygen atoms in total. The monoisotopic (exact) mass is 399 g/mol. The highest BCUT2D eigenvalue weighted by molar-refractivity contribution is 9.10. The smallest absolute Gasteiger partial charge is 0.335 e. The Hall–Kier alpha value is -2.27. The summed E-state index contributed by atoms with van der Waals surface area (Å²) in [6.45, 7) is 0. The first-order valence-corrected chi connectivity index (χ1v) is 9.01. The van der Waals surface area contributed by atoms with E-state index in [1.54, 1.807) is 19.2 Å². The van der Waals surface area contributed by atoms with Crippen LogP contribution in [0, 0.1) is 5.92 Å². The maximum atomic E-state index is 11.3. The van der Waals surface area contributed by atoms with Gasteiger partial charge in [-0.2, -0.15) is 0 Å². The predicted octanol–water partition coefficient (Wildman–Crippen LogP) is 4.98. The summed E-state index contributed by atoms with van der Waals surface area (Å²) in [4.78, 5) is 11.3. The van der Waals surface area contributed by atoms with E-state index in [1.807, 2.05) is 18.2 Å². The van der Waals surface area contributed by atoms with Gasteiger partial charge in [-0.15, -0.1) is 0 Å². The lowest BCUT2D eigenvalue weighted by atomic mass is 9.76. The van der Waals surface area contributed by atoms with Crippen molar-refractivity contribution >= 4 is 27.6 Å². The van der Waals surface area contributed by atoms with Crippen molar-refractivity contribution in [2.24, 2.45) is 5.92 Å². The Morgan fingerprint density at radius 3 is 2.84 bits per heavy atom. The Labute approximate surface area is 154 Å². The van der Waals surface area contributed by atoms with Crippen LogP contribution in [-0.2, 0) is 0 Å². The van der Waals surface area contributed by atoms with Crippen molar-refractivity contribution in [3.05, 3.63) is 69.7 Å². The number of halogens is 1. The predicted molar refractivity (Wildman–Crippen MR) is 100 cm³/mol. The topological polar surface area (TPSA) is 58.6 Å². The lowest BCUT2D eigenvalue weighted by molar-refractivity contribution is 0.0696. The summed E-state index contributed by atoms with van der Waals surface area (Å²) in [5.74, 6) is 0.512. The maximum absolute atomic E-state index is 11.3. The lowest BCUT2D eigenvalue weighted by Crippen LogP contribution is -2.29. The number of carboxylic acid groups (broad SMARTS) is 1. The summed E-state index contributed by atoms with van der Waals surface area (Å²) in [6.07, 6.45) is 5.35. The molecule has 1 aliphatic carbocycles. The number of ether oxygens (including phenoxy) is 1. The molecule has 2 aromatic carbocycles. The molecular formula is C20H18BrNO3. The number of carbonyl (C=O) groups is 1. The minimum atomic E-state index is -0.892. The van der Waals surface area contributed by atoms with E-state index in [9.17, 15) is 9.90 Å². The van der Waals surface area contributed by atoms with E-state index in [1.165, 1.54) is 0 Å². The second kappa shape index (κ2) is 6.23. The summed E-state index contributed by atoms with van der Waals surface area (Å²) in [6, 6.07) is 11.5. The largest absolute Gasteiger partial charge is 0.496 e. The van der Waals surface area contributed by atoms with Crippen molar-refractivity contribution in [1.29, 1.82) is 0 Å². The number of anilines is 1. The van der Waals surface area contributed by atoms with Crippen LogP contribution in [-0.4, -0.2) is 18.2 Å². The summed E-state index contributed by atoms with van der Waals surface area (Å²) in [5.41, 5.74) is 3.50. The minimum absolute atomic E-state index is 0.107. The van der Waals surface area contributed by atoms with Crippen LogP contribution in [0.2, 0.25) is 0 Å². The molecule has 25 heavy (non-hydrogen) atoms. The van der Waals surface area contributed by atoms with Gasteiger partial charge in [-0.05, 0) is 54.3 Å². The van der Waals surface area contributed by atoms with Crippen LogP contribution in [0.5, 0.6) is 5.75 Å². The van der Waals surface area contributed by atoms with Crippen molar-refractivity contribution in [2.75, 3.05) is 12.4 Å². The number of methoxy groups -OCH3 is 1.